The molecule has 0 fully saturated rings. The molecule has 0 bridgehead atoms. The second-order valence-corrected chi connectivity index (χ2v) is 5.02. The molecule has 1 amide bonds. The fourth-order valence-corrected chi connectivity index (χ4v) is 2.20. The monoisotopic (exact) mass is 301 g/mol. The van der Waals surface area contributed by atoms with Gasteiger partial charge in [0, 0.05) is 24.5 Å². The highest BCUT2D eigenvalue weighted by Gasteiger charge is 2.17. The molecule has 0 saturated heterocycles. The van der Waals surface area contributed by atoms with Gasteiger partial charge in [-0.05, 0) is 30.2 Å². The lowest BCUT2D eigenvalue weighted by molar-refractivity contribution is -0.137. The van der Waals surface area contributed by atoms with E-state index in [-0.39, 0.29) is 12.5 Å². The molecule has 1 N–H and O–H groups in total. The molecule has 0 saturated carbocycles. The summed E-state index contributed by atoms with van der Waals surface area (Å²) in [5.74, 6) is -1.26. The van der Waals surface area contributed by atoms with E-state index in [0.717, 1.165) is 12.0 Å². The van der Waals surface area contributed by atoms with Crippen molar-refractivity contribution >= 4 is 11.9 Å². The zero-order valence-corrected chi connectivity index (χ0v) is 12.5. The highest BCUT2D eigenvalue weighted by molar-refractivity contribution is 5.95. The smallest absolute Gasteiger partial charge is 0.323 e. The Morgan fingerprint density at radius 2 is 2.00 bits per heavy atom. The van der Waals surface area contributed by atoms with Crippen molar-refractivity contribution in [1.29, 1.82) is 0 Å². The molecule has 0 unspecified atom stereocenters. The molecule has 2 rings (SSSR count). The van der Waals surface area contributed by atoms with Gasteiger partial charge in [0.15, 0.2) is 0 Å². The van der Waals surface area contributed by atoms with Crippen LogP contribution in [0.4, 0.5) is 0 Å². The molecule has 0 aliphatic carbocycles. The van der Waals surface area contributed by atoms with Gasteiger partial charge in [0.2, 0.25) is 0 Å². The zero-order chi connectivity index (χ0) is 15.9. The molecule has 6 nitrogen and oxygen atoms in total. The van der Waals surface area contributed by atoms with Crippen molar-refractivity contribution in [2.75, 3.05) is 13.1 Å². The van der Waals surface area contributed by atoms with Gasteiger partial charge in [0.1, 0.15) is 6.54 Å². The number of benzene rings is 1. The number of nitrogens with zero attached hydrogens (tertiary/aromatic N) is 3. The van der Waals surface area contributed by atoms with Crippen molar-refractivity contribution < 1.29 is 14.7 Å². The van der Waals surface area contributed by atoms with E-state index in [0.29, 0.717) is 18.7 Å². The van der Waals surface area contributed by atoms with Crippen LogP contribution in [0.3, 0.4) is 0 Å². The minimum Gasteiger partial charge on any atom is -0.480 e. The summed E-state index contributed by atoms with van der Waals surface area (Å²) in [6, 6.07) is 9.03. The SMILES string of the molecule is CCCN(CC(=O)O)C(=O)c1ccc(Cn2cccn2)cc1. The number of rotatable bonds is 7. The average molecular weight is 301 g/mol. The molecule has 1 aromatic heterocycles. The molecular formula is C16H19N3O3. The highest BCUT2D eigenvalue weighted by Crippen LogP contribution is 2.09. The summed E-state index contributed by atoms with van der Waals surface area (Å²) in [5, 5.41) is 13.0. The first-order chi connectivity index (χ1) is 10.6. The lowest BCUT2D eigenvalue weighted by atomic mass is 10.1. The van der Waals surface area contributed by atoms with Gasteiger partial charge in [-0.3, -0.25) is 14.3 Å². The summed E-state index contributed by atoms with van der Waals surface area (Å²) in [7, 11) is 0. The van der Waals surface area contributed by atoms with Gasteiger partial charge in [-0.25, -0.2) is 0 Å². The predicted molar refractivity (Wildman–Crippen MR) is 81.6 cm³/mol. The molecule has 0 aliphatic heterocycles. The van der Waals surface area contributed by atoms with Crippen LogP contribution < -0.4 is 0 Å². The Hall–Kier alpha value is -2.63. The van der Waals surface area contributed by atoms with Crippen molar-refractivity contribution in [3.8, 4) is 0 Å². The van der Waals surface area contributed by atoms with Gasteiger partial charge in [-0.1, -0.05) is 19.1 Å². The van der Waals surface area contributed by atoms with E-state index in [1.165, 1.54) is 4.90 Å². The van der Waals surface area contributed by atoms with Crippen LogP contribution in [0.1, 0.15) is 29.3 Å². The van der Waals surface area contributed by atoms with E-state index >= 15 is 0 Å². The number of aliphatic carboxylic acids is 1. The van der Waals surface area contributed by atoms with E-state index in [2.05, 4.69) is 5.10 Å². The molecule has 2 aromatic rings. The number of aromatic nitrogens is 2. The quantitative estimate of drug-likeness (QED) is 0.847. The van der Waals surface area contributed by atoms with Crippen LogP contribution in [-0.4, -0.2) is 44.8 Å². The number of carbonyl (C=O) groups excluding carboxylic acids is 1. The number of amides is 1. The van der Waals surface area contributed by atoms with Gasteiger partial charge in [-0.15, -0.1) is 0 Å². The maximum Gasteiger partial charge on any atom is 0.323 e. The van der Waals surface area contributed by atoms with Crippen molar-refractivity contribution in [1.82, 2.24) is 14.7 Å². The van der Waals surface area contributed by atoms with E-state index in [1.807, 2.05) is 31.3 Å². The molecule has 6 heteroatoms. The minimum absolute atomic E-state index is 0.255. The predicted octanol–water partition coefficient (Wildman–Crippen LogP) is 1.87. The molecule has 1 aromatic carbocycles. The van der Waals surface area contributed by atoms with E-state index < -0.39 is 5.97 Å². The minimum atomic E-state index is -1.00. The third kappa shape index (κ3) is 4.18. The molecule has 0 spiro atoms. The summed E-state index contributed by atoms with van der Waals surface area (Å²) < 4.78 is 1.80. The topological polar surface area (TPSA) is 75.4 Å². The van der Waals surface area contributed by atoms with Crippen molar-refractivity contribution in [2.24, 2.45) is 0 Å². The van der Waals surface area contributed by atoms with Crippen LogP contribution in [0.25, 0.3) is 0 Å². The summed E-state index contributed by atoms with van der Waals surface area (Å²) in [4.78, 5) is 24.5. The number of hydrogen-bond acceptors (Lipinski definition) is 3. The number of carboxylic acid groups (broad SMARTS) is 1. The Morgan fingerprint density at radius 3 is 2.55 bits per heavy atom. The third-order valence-corrected chi connectivity index (χ3v) is 3.21. The van der Waals surface area contributed by atoms with Crippen molar-refractivity contribution in [3.05, 3.63) is 53.9 Å². The Morgan fingerprint density at radius 1 is 1.27 bits per heavy atom. The van der Waals surface area contributed by atoms with Crippen LogP contribution in [0.2, 0.25) is 0 Å². The molecule has 1 heterocycles. The lowest BCUT2D eigenvalue weighted by Crippen LogP contribution is -2.36. The van der Waals surface area contributed by atoms with Crippen molar-refractivity contribution in [2.45, 2.75) is 19.9 Å². The fourth-order valence-electron chi connectivity index (χ4n) is 2.20. The fraction of sp³-hybridized carbons (Fsp3) is 0.312. The summed E-state index contributed by atoms with van der Waals surface area (Å²) in [6.07, 6.45) is 4.30. The Labute approximate surface area is 129 Å². The van der Waals surface area contributed by atoms with Crippen LogP contribution in [0, 0.1) is 0 Å². The molecule has 22 heavy (non-hydrogen) atoms. The number of carbonyl (C=O) groups is 2. The summed E-state index contributed by atoms with van der Waals surface area (Å²) >= 11 is 0. The van der Waals surface area contributed by atoms with Crippen molar-refractivity contribution in [3.63, 3.8) is 0 Å². The highest BCUT2D eigenvalue weighted by atomic mass is 16.4. The molecule has 0 aliphatic rings. The van der Waals surface area contributed by atoms with Gasteiger partial charge >= 0.3 is 5.97 Å². The van der Waals surface area contributed by atoms with E-state index in [1.54, 1.807) is 23.0 Å². The largest absolute Gasteiger partial charge is 0.480 e. The first-order valence-electron chi connectivity index (χ1n) is 7.17. The van der Waals surface area contributed by atoms with Crippen LogP contribution >= 0.6 is 0 Å². The first kappa shape index (κ1) is 15.8. The Balaban J connectivity index is 2.07. The summed E-state index contributed by atoms with van der Waals surface area (Å²) in [5.41, 5.74) is 1.53. The van der Waals surface area contributed by atoms with Gasteiger partial charge in [0.25, 0.3) is 5.91 Å². The van der Waals surface area contributed by atoms with Gasteiger partial charge in [-0.2, -0.15) is 5.10 Å². The zero-order valence-electron chi connectivity index (χ0n) is 12.5. The van der Waals surface area contributed by atoms with Crippen LogP contribution in [0.15, 0.2) is 42.7 Å². The third-order valence-electron chi connectivity index (χ3n) is 3.21. The second-order valence-electron chi connectivity index (χ2n) is 5.02. The molecule has 0 atom stereocenters. The maximum atomic E-state index is 12.3. The van der Waals surface area contributed by atoms with Gasteiger partial charge in [0.05, 0.1) is 6.54 Å². The molecule has 0 radical (unpaired) electrons. The average Bonchev–Trinajstić information content (AvgIpc) is 2.99. The van der Waals surface area contributed by atoms with Crippen LogP contribution in [-0.2, 0) is 11.3 Å². The number of carboxylic acids is 1. The lowest BCUT2D eigenvalue weighted by Gasteiger charge is -2.20. The maximum absolute atomic E-state index is 12.3. The van der Waals surface area contributed by atoms with Gasteiger partial charge < -0.3 is 10.0 Å². The van der Waals surface area contributed by atoms with Crippen LogP contribution in [0.5, 0.6) is 0 Å². The Bertz CT molecular complexity index is 621. The normalized spacial score (nSPS) is 10.4. The Kier molecular flexibility index (Phi) is 5.30. The first-order valence-corrected chi connectivity index (χ1v) is 7.17. The molecular weight excluding hydrogens is 282 g/mol. The standard InChI is InChI=1S/C16H19N3O3/c1-2-9-18(12-15(20)21)16(22)14-6-4-13(5-7-14)11-19-10-3-8-17-19/h3-8,10H,2,9,11-12H2,1H3,(H,20,21). The summed E-state index contributed by atoms with van der Waals surface area (Å²) in [6.45, 7) is 2.70. The molecule has 116 valence electrons. The second kappa shape index (κ2) is 7.40. The van der Waals surface area contributed by atoms with E-state index in [9.17, 15) is 9.59 Å². The number of hydrogen-bond donors (Lipinski definition) is 1. The van der Waals surface area contributed by atoms with E-state index in [4.69, 9.17) is 5.11 Å².